The molecular weight excluding hydrogens is 346 g/mol. The molecule has 1 heterocycles. The molecule has 3 rings (SSSR count). The Morgan fingerprint density at radius 2 is 1.85 bits per heavy atom. The quantitative estimate of drug-likeness (QED) is 0.858. The third kappa shape index (κ3) is 3.91. The molecular formula is C20H21N3O2S. The van der Waals surface area contributed by atoms with Crippen molar-refractivity contribution < 1.29 is 9.53 Å². The van der Waals surface area contributed by atoms with E-state index in [9.17, 15) is 4.79 Å². The molecule has 0 spiro atoms. The molecule has 26 heavy (non-hydrogen) atoms. The van der Waals surface area contributed by atoms with Crippen LogP contribution >= 0.6 is 11.8 Å². The zero-order chi connectivity index (χ0) is 18.5. The molecule has 2 aromatic rings. The molecule has 0 saturated heterocycles. The average molecular weight is 367 g/mol. The highest BCUT2D eigenvalue weighted by Crippen LogP contribution is 2.33. The molecule has 2 aromatic carbocycles. The summed E-state index contributed by atoms with van der Waals surface area (Å²) in [6.45, 7) is 1.90. The number of amides is 1. The van der Waals surface area contributed by atoms with Gasteiger partial charge in [-0.25, -0.2) is 4.99 Å². The van der Waals surface area contributed by atoms with Gasteiger partial charge >= 0.3 is 0 Å². The summed E-state index contributed by atoms with van der Waals surface area (Å²) in [6.07, 6.45) is 1.96. The topological polar surface area (TPSA) is 62.7 Å². The number of hydrogen-bond donors (Lipinski definition) is 2. The lowest BCUT2D eigenvalue weighted by atomic mass is 9.95. The van der Waals surface area contributed by atoms with E-state index in [4.69, 9.17) is 9.73 Å². The maximum Gasteiger partial charge on any atom is 0.255 e. The largest absolute Gasteiger partial charge is 0.497 e. The summed E-state index contributed by atoms with van der Waals surface area (Å²) < 4.78 is 5.23. The zero-order valence-corrected chi connectivity index (χ0v) is 15.8. The van der Waals surface area contributed by atoms with Crippen molar-refractivity contribution in [2.24, 2.45) is 4.99 Å². The van der Waals surface area contributed by atoms with Gasteiger partial charge in [0, 0.05) is 11.4 Å². The number of amidine groups is 1. The molecule has 0 saturated carbocycles. The fraction of sp³-hybridized carbons (Fsp3) is 0.200. The molecule has 1 unspecified atom stereocenters. The van der Waals surface area contributed by atoms with Crippen LogP contribution in [0.3, 0.4) is 0 Å². The lowest BCUT2D eigenvalue weighted by molar-refractivity contribution is -0.113. The van der Waals surface area contributed by atoms with E-state index in [-0.39, 0.29) is 11.9 Å². The minimum absolute atomic E-state index is 0.161. The Labute approximate surface area is 157 Å². The number of benzene rings is 2. The molecule has 1 aliphatic rings. The first-order chi connectivity index (χ1) is 12.6. The van der Waals surface area contributed by atoms with Crippen molar-refractivity contribution in [1.29, 1.82) is 0 Å². The van der Waals surface area contributed by atoms with Crippen LogP contribution in [0.4, 0.5) is 5.69 Å². The van der Waals surface area contributed by atoms with Crippen LogP contribution in [0.5, 0.6) is 5.75 Å². The second kappa shape index (κ2) is 8.10. The summed E-state index contributed by atoms with van der Waals surface area (Å²) in [4.78, 5) is 17.7. The Bertz CT molecular complexity index is 845. The Morgan fingerprint density at radius 1 is 1.15 bits per heavy atom. The molecule has 5 nitrogen and oxygen atoms in total. The fourth-order valence-electron chi connectivity index (χ4n) is 2.79. The number of rotatable bonds is 4. The maximum absolute atomic E-state index is 13.0. The van der Waals surface area contributed by atoms with Crippen molar-refractivity contribution >= 4 is 28.5 Å². The van der Waals surface area contributed by atoms with Crippen LogP contribution in [0.2, 0.25) is 0 Å². The van der Waals surface area contributed by atoms with Gasteiger partial charge in [-0.2, -0.15) is 0 Å². The van der Waals surface area contributed by atoms with Gasteiger partial charge < -0.3 is 15.4 Å². The Kier molecular flexibility index (Phi) is 5.63. The van der Waals surface area contributed by atoms with Gasteiger partial charge in [-0.3, -0.25) is 4.79 Å². The highest BCUT2D eigenvalue weighted by Gasteiger charge is 2.29. The number of nitrogens with zero attached hydrogens (tertiary/aromatic N) is 1. The number of nitrogens with one attached hydrogen (secondary N) is 2. The summed E-state index contributed by atoms with van der Waals surface area (Å²) in [5.41, 5.74) is 3.11. The molecule has 134 valence electrons. The normalized spacial score (nSPS) is 16.6. The van der Waals surface area contributed by atoms with Gasteiger partial charge in [-0.05, 0) is 43.0 Å². The molecule has 1 aliphatic heterocycles. The molecule has 0 fully saturated rings. The number of para-hydroxylation sites is 1. The van der Waals surface area contributed by atoms with Crippen molar-refractivity contribution in [3.63, 3.8) is 0 Å². The number of thioether (sulfide) groups is 1. The summed E-state index contributed by atoms with van der Waals surface area (Å²) >= 11 is 1.52. The zero-order valence-electron chi connectivity index (χ0n) is 14.9. The van der Waals surface area contributed by atoms with E-state index in [2.05, 4.69) is 10.6 Å². The predicted molar refractivity (Wildman–Crippen MR) is 108 cm³/mol. The van der Waals surface area contributed by atoms with Crippen LogP contribution in [-0.4, -0.2) is 24.4 Å². The van der Waals surface area contributed by atoms with Gasteiger partial charge in [0.1, 0.15) is 11.8 Å². The number of anilines is 1. The van der Waals surface area contributed by atoms with E-state index >= 15 is 0 Å². The molecule has 0 aliphatic carbocycles. The van der Waals surface area contributed by atoms with Crippen molar-refractivity contribution in [3.8, 4) is 5.75 Å². The molecule has 0 radical (unpaired) electrons. The molecule has 1 atom stereocenters. The number of ether oxygens (including phenoxy) is 1. The number of carbonyl (C=O) groups excluding carboxylic acids is 1. The number of allylic oxidation sites excluding steroid dienone is 1. The minimum Gasteiger partial charge on any atom is -0.497 e. The van der Waals surface area contributed by atoms with E-state index in [1.165, 1.54) is 11.8 Å². The van der Waals surface area contributed by atoms with Crippen LogP contribution in [-0.2, 0) is 4.79 Å². The van der Waals surface area contributed by atoms with E-state index in [1.54, 1.807) is 7.11 Å². The summed E-state index contributed by atoms with van der Waals surface area (Å²) in [5, 5.41) is 6.96. The predicted octanol–water partition coefficient (Wildman–Crippen LogP) is 3.97. The first-order valence-electron chi connectivity index (χ1n) is 8.22. The van der Waals surface area contributed by atoms with Gasteiger partial charge in [0.25, 0.3) is 5.91 Å². The molecule has 2 N–H and O–H groups in total. The second-order valence-electron chi connectivity index (χ2n) is 5.80. The van der Waals surface area contributed by atoms with Gasteiger partial charge in [0.05, 0.1) is 12.7 Å². The SMILES string of the molecule is COc1ccc(C2N=C(SC)NC(C)=C2C(=O)Nc2ccccc2)cc1. The second-order valence-corrected chi connectivity index (χ2v) is 6.59. The average Bonchev–Trinajstić information content (AvgIpc) is 2.68. The summed E-state index contributed by atoms with van der Waals surface area (Å²) in [7, 11) is 1.63. The van der Waals surface area contributed by atoms with Crippen molar-refractivity contribution in [2.45, 2.75) is 13.0 Å². The molecule has 1 amide bonds. The smallest absolute Gasteiger partial charge is 0.255 e. The molecule has 6 heteroatoms. The van der Waals surface area contributed by atoms with Crippen molar-refractivity contribution in [1.82, 2.24) is 5.32 Å². The summed E-state index contributed by atoms with van der Waals surface area (Å²) in [5.74, 6) is 0.610. The van der Waals surface area contributed by atoms with Crippen molar-refractivity contribution in [3.05, 3.63) is 71.4 Å². The first kappa shape index (κ1) is 18.1. The Balaban J connectivity index is 1.95. The van der Waals surface area contributed by atoms with Crippen LogP contribution in [0.25, 0.3) is 0 Å². The minimum atomic E-state index is -0.367. The van der Waals surface area contributed by atoms with Gasteiger partial charge in [0.15, 0.2) is 5.17 Å². The van der Waals surface area contributed by atoms with Crippen LogP contribution in [0, 0.1) is 0 Å². The monoisotopic (exact) mass is 367 g/mol. The van der Waals surface area contributed by atoms with Gasteiger partial charge in [-0.1, -0.05) is 42.1 Å². The standard InChI is InChI=1S/C20H21N3O2S/c1-13-17(19(24)22-15-7-5-4-6-8-15)18(23-20(21-13)26-3)14-9-11-16(25-2)12-10-14/h4-12,18H,1-3H3,(H,21,23)(H,22,24). The van der Waals surface area contributed by atoms with Gasteiger partial charge in [0.2, 0.25) is 0 Å². The molecule has 0 bridgehead atoms. The molecule has 0 aromatic heterocycles. The number of hydrogen-bond acceptors (Lipinski definition) is 5. The lowest BCUT2D eigenvalue weighted by Crippen LogP contribution is -2.31. The summed E-state index contributed by atoms with van der Waals surface area (Å²) in [6, 6.07) is 16.7. The van der Waals surface area contributed by atoms with E-state index in [0.29, 0.717) is 5.57 Å². The Hall–Kier alpha value is -2.73. The maximum atomic E-state index is 13.0. The van der Waals surface area contributed by atoms with E-state index in [1.807, 2.05) is 67.8 Å². The third-order valence-corrected chi connectivity index (χ3v) is 4.71. The van der Waals surface area contributed by atoms with Crippen LogP contribution < -0.4 is 15.4 Å². The fourth-order valence-corrected chi connectivity index (χ4v) is 3.26. The van der Waals surface area contributed by atoms with Crippen molar-refractivity contribution in [2.75, 3.05) is 18.7 Å². The van der Waals surface area contributed by atoms with Gasteiger partial charge in [-0.15, -0.1) is 0 Å². The highest BCUT2D eigenvalue weighted by molar-refractivity contribution is 8.13. The number of methoxy groups -OCH3 is 1. The highest BCUT2D eigenvalue weighted by atomic mass is 32.2. The van der Waals surface area contributed by atoms with E-state index < -0.39 is 0 Å². The Morgan fingerprint density at radius 3 is 2.46 bits per heavy atom. The lowest BCUT2D eigenvalue weighted by Gasteiger charge is -2.26. The third-order valence-electron chi connectivity index (χ3n) is 4.12. The van der Waals surface area contributed by atoms with E-state index in [0.717, 1.165) is 27.9 Å². The number of carbonyl (C=O) groups is 1. The van der Waals surface area contributed by atoms with Crippen LogP contribution in [0.15, 0.2) is 70.9 Å². The number of aliphatic imine (C=N–C) groups is 1. The first-order valence-corrected chi connectivity index (χ1v) is 9.44. The van der Waals surface area contributed by atoms with Crippen LogP contribution in [0.1, 0.15) is 18.5 Å².